The Balaban J connectivity index is 0.000000298. The number of ether oxygens (including phenoxy) is 2. The first-order valence-corrected chi connectivity index (χ1v) is 8.81. The van der Waals surface area contributed by atoms with E-state index in [1.165, 1.54) is 0 Å². The molecule has 29 heavy (non-hydrogen) atoms. The molecule has 2 fully saturated rings. The van der Waals surface area contributed by atoms with Gasteiger partial charge in [-0.1, -0.05) is 6.07 Å². The second kappa shape index (κ2) is 8.60. The van der Waals surface area contributed by atoms with E-state index in [9.17, 15) is 13.2 Å². The summed E-state index contributed by atoms with van der Waals surface area (Å²) in [6, 6.07) is 7.52. The lowest BCUT2D eigenvalue weighted by atomic mass is 9.98. The Kier molecular flexibility index (Phi) is 6.16. The van der Waals surface area contributed by atoms with Gasteiger partial charge >= 0.3 is 12.1 Å². The molecule has 8 nitrogen and oxygen atoms in total. The summed E-state index contributed by atoms with van der Waals surface area (Å²) in [5, 5.41) is 7.12. The second-order valence-electron chi connectivity index (χ2n) is 6.63. The van der Waals surface area contributed by atoms with E-state index < -0.39 is 12.1 Å². The van der Waals surface area contributed by atoms with Crippen LogP contribution >= 0.6 is 0 Å². The maximum atomic E-state index is 10.6. The molecule has 2 aromatic rings. The van der Waals surface area contributed by atoms with Gasteiger partial charge in [-0.25, -0.2) is 19.7 Å². The molecule has 4 rings (SSSR count). The predicted molar refractivity (Wildman–Crippen MR) is 94.5 cm³/mol. The van der Waals surface area contributed by atoms with E-state index in [-0.39, 0.29) is 11.7 Å². The van der Waals surface area contributed by atoms with Crippen LogP contribution in [0.2, 0.25) is 0 Å². The number of carbonyl (C=O) groups is 1. The van der Waals surface area contributed by atoms with Crippen LogP contribution in [0.5, 0.6) is 5.88 Å². The topological polar surface area (TPSA) is 97.7 Å². The number of carboxylic acids is 1. The van der Waals surface area contributed by atoms with Crippen LogP contribution < -0.4 is 9.64 Å². The molecule has 2 aromatic heterocycles. The zero-order chi connectivity index (χ0) is 20.9. The molecule has 0 aliphatic carbocycles. The average molecular weight is 412 g/mol. The molecule has 1 spiro atoms. The molecule has 0 unspecified atom stereocenters. The van der Waals surface area contributed by atoms with Crippen LogP contribution in [0.25, 0.3) is 0 Å². The quantitative estimate of drug-likeness (QED) is 0.820. The Bertz CT molecular complexity index is 810. The van der Waals surface area contributed by atoms with E-state index in [1.807, 2.05) is 24.3 Å². The normalized spacial score (nSPS) is 23.6. The van der Waals surface area contributed by atoms with Crippen molar-refractivity contribution in [3.8, 4) is 5.88 Å². The molecule has 0 saturated carbocycles. The standard InChI is InChI=1S/C16H18N4O2.C2HF3O2/c1-2-6-17-14(4-1)22-13-10-16(21-11-13)5-9-20(12-16)15-18-7-3-8-19-15;3-2(4,5)1(6)7/h1-4,6-8,13H,5,9-12H2;(H,6,7)/t13-,16-;/m0./s1. The molecule has 4 heterocycles. The molecule has 2 saturated heterocycles. The fourth-order valence-electron chi connectivity index (χ4n) is 3.22. The minimum atomic E-state index is -5.08. The van der Waals surface area contributed by atoms with Gasteiger partial charge in [0, 0.05) is 37.6 Å². The zero-order valence-electron chi connectivity index (χ0n) is 15.2. The van der Waals surface area contributed by atoms with Gasteiger partial charge in [0.25, 0.3) is 0 Å². The number of hydrogen-bond acceptors (Lipinski definition) is 7. The summed E-state index contributed by atoms with van der Waals surface area (Å²) in [4.78, 5) is 23.9. The molecule has 0 amide bonds. The van der Waals surface area contributed by atoms with Gasteiger partial charge in [0.05, 0.1) is 18.8 Å². The summed E-state index contributed by atoms with van der Waals surface area (Å²) in [7, 11) is 0. The maximum Gasteiger partial charge on any atom is 0.490 e. The van der Waals surface area contributed by atoms with E-state index in [1.54, 1.807) is 18.6 Å². The fourth-order valence-corrected chi connectivity index (χ4v) is 3.22. The van der Waals surface area contributed by atoms with Gasteiger partial charge in [-0.3, -0.25) is 0 Å². The van der Waals surface area contributed by atoms with Gasteiger partial charge in [-0.05, 0) is 18.6 Å². The number of alkyl halides is 3. The lowest BCUT2D eigenvalue weighted by Crippen LogP contribution is -2.34. The van der Waals surface area contributed by atoms with E-state index in [0.717, 1.165) is 31.9 Å². The third-order valence-corrected chi connectivity index (χ3v) is 4.49. The Labute approximate surface area is 164 Å². The first kappa shape index (κ1) is 20.8. The van der Waals surface area contributed by atoms with Gasteiger partial charge < -0.3 is 19.5 Å². The number of aliphatic carboxylic acids is 1. The summed E-state index contributed by atoms with van der Waals surface area (Å²) in [5.41, 5.74) is -0.140. The molecule has 1 N–H and O–H groups in total. The third kappa shape index (κ3) is 5.53. The number of halogens is 3. The summed E-state index contributed by atoms with van der Waals surface area (Å²) in [5.74, 6) is -1.32. The van der Waals surface area contributed by atoms with Gasteiger partial charge in [0.15, 0.2) is 0 Å². The Morgan fingerprint density at radius 1 is 1.21 bits per heavy atom. The van der Waals surface area contributed by atoms with Crippen molar-refractivity contribution in [2.24, 2.45) is 0 Å². The van der Waals surface area contributed by atoms with E-state index >= 15 is 0 Å². The van der Waals surface area contributed by atoms with Crippen molar-refractivity contribution in [3.05, 3.63) is 42.9 Å². The van der Waals surface area contributed by atoms with Crippen molar-refractivity contribution in [1.82, 2.24) is 15.0 Å². The zero-order valence-corrected chi connectivity index (χ0v) is 15.2. The summed E-state index contributed by atoms with van der Waals surface area (Å²) in [6.45, 7) is 2.35. The van der Waals surface area contributed by atoms with E-state index in [0.29, 0.717) is 12.5 Å². The van der Waals surface area contributed by atoms with Crippen molar-refractivity contribution < 1.29 is 32.5 Å². The summed E-state index contributed by atoms with van der Waals surface area (Å²) < 4.78 is 43.7. The molecule has 0 bridgehead atoms. The van der Waals surface area contributed by atoms with Crippen LogP contribution in [0.4, 0.5) is 19.1 Å². The summed E-state index contributed by atoms with van der Waals surface area (Å²) in [6.07, 6.45) is 2.13. The molecule has 0 aromatic carbocycles. The van der Waals surface area contributed by atoms with Crippen LogP contribution in [0.1, 0.15) is 12.8 Å². The largest absolute Gasteiger partial charge is 0.490 e. The highest BCUT2D eigenvalue weighted by molar-refractivity contribution is 5.73. The van der Waals surface area contributed by atoms with Crippen LogP contribution in [0, 0.1) is 0 Å². The van der Waals surface area contributed by atoms with Gasteiger partial charge in [-0.2, -0.15) is 13.2 Å². The van der Waals surface area contributed by atoms with E-state index in [4.69, 9.17) is 19.4 Å². The van der Waals surface area contributed by atoms with Gasteiger partial charge in [0.1, 0.15) is 6.10 Å². The first-order valence-electron chi connectivity index (χ1n) is 8.81. The highest BCUT2D eigenvalue weighted by Crippen LogP contribution is 2.37. The van der Waals surface area contributed by atoms with Crippen molar-refractivity contribution in [3.63, 3.8) is 0 Å². The number of pyridine rings is 1. The van der Waals surface area contributed by atoms with Crippen molar-refractivity contribution in [2.45, 2.75) is 30.7 Å². The Morgan fingerprint density at radius 3 is 2.52 bits per heavy atom. The van der Waals surface area contributed by atoms with Crippen molar-refractivity contribution >= 4 is 11.9 Å². The van der Waals surface area contributed by atoms with Gasteiger partial charge in [-0.15, -0.1) is 0 Å². The Hall–Kier alpha value is -2.95. The molecule has 2 atom stereocenters. The SMILES string of the molecule is O=C(O)C(F)(F)F.c1ccc(O[C@@H]2CO[C@@]3(CCN(c4ncccn4)C3)C2)nc1. The van der Waals surface area contributed by atoms with Crippen LogP contribution in [-0.4, -0.2) is 63.6 Å². The lowest BCUT2D eigenvalue weighted by molar-refractivity contribution is -0.192. The highest BCUT2D eigenvalue weighted by atomic mass is 19.4. The lowest BCUT2D eigenvalue weighted by Gasteiger charge is -2.23. The first-order chi connectivity index (χ1) is 13.8. The molecule has 2 aliphatic rings. The second-order valence-corrected chi connectivity index (χ2v) is 6.63. The van der Waals surface area contributed by atoms with Crippen LogP contribution in [0.15, 0.2) is 42.9 Å². The number of hydrogen-bond donors (Lipinski definition) is 1. The highest BCUT2D eigenvalue weighted by Gasteiger charge is 2.47. The minimum absolute atomic E-state index is 0.0616. The number of aromatic nitrogens is 3. The Morgan fingerprint density at radius 2 is 1.90 bits per heavy atom. The van der Waals surface area contributed by atoms with Crippen LogP contribution in [-0.2, 0) is 9.53 Å². The van der Waals surface area contributed by atoms with E-state index in [2.05, 4.69) is 19.9 Å². The van der Waals surface area contributed by atoms with Crippen molar-refractivity contribution in [1.29, 1.82) is 0 Å². The maximum absolute atomic E-state index is 10.6. The number of nitrogens with zero attached hydrogens (tertiary/aromatic N) is 4. The minimum Gasteiger partial charge on any atom is -0.475 e. The van der Waals surface area contributed by atoms with Crippen molar-refractivity contribution in [2.75, 3.05) is 24.6 Å². The molecule has 11 heteroatoms. The molecule has 156 valence electrons. The molecule has 0 radical (unpaired) electrons. The third-order valence-electron chi connectivity index (χ3n) is 4.49. The monoisotopic (exact) mass is 412 g/mol. The molecular weight excluding hydrogens is 393 g/mol. The summed E-state index contributed by atoms with van der Waals surface area (Å²) >= 11 is 0. The van der Waals surface area contributed by atoms with Gasteiger partial charge in [0.2, 0.25) is 11.8 Å². The van der Waals surface area contributed by atoms with Crippen LogP contribution in [0.3, 0.4) is 0 Å². The number of rotatable bonds is 3. The molecular formula is C18H19F3N4O4. The number of carboxylic acid groups (broad SMARTS) is 1. The fraction of sp³-hybridized carbons (Fsp3) is 0.444. The number of anilines is 1. The average Bonchev–Trinajstić information content (AvgIpc) is 3.30. The molecule has 2 aliphatic heterocycles. The smallest absolute Gasteiger partial charge is 0.475 e. The predicted octanol–water partition coefficient (Wildman–Crippen LogP) is 2.32.